The molecule has 0 fully saturated rings. The van der Waals surface area contributed by atoms with Gasteiger partial charge in [0.05, 0.1) is 12.2 Å². The molecule has 1 N–H and O–H groups in total. The monoisotopic (exact) mass is 304 g/mol. The van der Waals surface area contributed by atoms with Crippen molar-refractivity contribution in [2.75, 3.05) is 6.61 Å². The quantitative estimate of drug-likeness (QED) is 0.874. The summed E-state index contributed by atoms with van der Waals surface area (Å²) in [5.74, 6) is -0.300. The molecule has 0 aliphatic heterocycles. The van der Waals surface area contributed by atoms with E-state index in [1.54, 1.807) is 0 Å². The van der Waals surface area contributed by atoms with Crippen LogP contribution in [0.25, 0.3) is 0 Å². The normalized spacial score (nSPS) is 14.6. The van der Waals surface area contributed by atoms with Crippen LogP contribution in [0.5, 0.6) is 0 Å². The van der Waals surface area contributed by atoms with E-state index in [4.69, 9.17) is 4.74 Å². The fourth-order valence-corrected chi connectivity index (χ4v) is 2.33. The summed E-state index contributed by atoms with van der Waals surface area (Å²) in [7, 11) is 0. The van der Waals surface area contributed by atoms with Crippen LogP contribution in [0.15, 0.2) is 22.7 Å². The second kappa shape index (κ2) is 7.09. The van der Waals surface area contributed by atoms with E-state index in [1.807, 2.05) is 19.9 Å². The highest BCUT2D eigenvalue weighted by Gasteiger charge is 2.18. The summed E-state index contributed by atoms with van der Waals surface area (Å²) in [4.78, 5) is 0. The van der Waals surface area contributed by atoms with E-state index in [1.165, 1.54) is 12.1 Å². The zero-order valence-corrected chi connectivity index (χ0v) is 11.7. The smallest absolute Gasteiger partial charge is 0.124 e. The van der Waals surface area contributed by atoms with E-state index in [2.05, 4.69) is 15.9 Å². The van der Waals surface area contributed by atoms with Crippen LogP contribution < -0.4 is 0 Å². The largest absolute Gasteiger partial charge is 0.390 e. The van der Waals surface area contributed by atoms with Gasteiger partial charge in [-0.3, -0.25) is 0 Å². The van der Waals surface area contributed by atoms with E-state index < -0.39 is 6.10 Å². The molecule has 0 aliphatic carbocycles. The van der Waals surface area contributed by atoms with Crippen LogP contribution in [-0.4, -0.2) is 23.9 Å². The Morgan fingerprint density at radius 2 is 2.06 bits per heavy atom. The van der Waals surface area contributed by atoms with Crippen molar-refractivity contribution in [3.63, 3.8) is 0 Å². The second-order valence-corrected chi connectivity index (χ2v) is 4.87. The Kier molecular flexibility index (Phi) is 6.09. The molecule has 0 heterocycles. The fourth-order valence-electron chi connectivity index (χ4n) is 1.82. The molecular weight excluding hydrogens is 287 g/mol. The summed E-state index contributed by atoms with van der Waals surface area (Å²) in [6.07, 6.45) is 0.344. The highest BCUT2D eigenvalue weighted by Crippen LogP contribution is 2.18. The zero-order chi connectivity index (χ0) is 12.8. The minimum atomic E-state index is -0.603. The predicted molar refractivity (Wildman–Crippen MR) is 69.5 cm³/mol. The molecular formula is C13H18BrFO2. The van der Waals surface area contributed by atoms with Crippen molar-refractivity contribution in [1.82, 2.24) is 0 Å². The van der Waals surface area contributed by atoms with Crippen LogP contribution in [0.1, 0.15) is 25.8 Å². The number of rotatable bonds is 6. The summed E-state index contributed by atoms with van der Waals surface area (Å²) >= 11 is 3.23. The standard InChI is InChI=1S/C13H18BrFO2/c1-3-13(17-4-2)12(16)7-9-5-10(14)8-11(15)6-9/h5-6,8,12-13,16H,3-4,7H2,1-2H3. The highest BCUT2D eigenvalue weighted by atomic mass is 79.9. The molecule has 4 heteroatoms. The molecule has 0 aromatic heterocycles. The van der Waals surface area contributed by atoms with Gasteiger partial charge in [0.2, 0.25) is 0 Å². The molecule has 0 amide bonds. The molecule has 0 saturated carbocycles. The predicted octanol–water partition coefficient (Wildman–Crippen LogP) is 3.31. The molecule has 0 bridgehead atoms. The van der Waals surface area contributed by atoms with Crippen molar-refractivity contribution in [2.24, 2.45) is 0 Å². The van der Waals surface area contributed by atoms with E-state index in [-0.39, 0.29) is 11.9 Å². The van der Waals surface area contributed by atoms with E-state index in [0.717, 1.165) is 12.0 Å². The number of halogens is 2. The first-order valence-electron chi connectivity index (χ1n) is 5.81. The minimum absolute atomic E-state index is 0.193. The molecule has 0 spiro atoms. The lowest BCUT2D eigenvalue weighted by atomic mass is 10.0. The van der Waals surface area contributed by atoms with Gasteiger partial charge >= 0.3 is 0 Å². The maximum absolute atomic E-state index is 13.2. The van der Waals surface area contributed by atoms with E-state index in [9.17, 15) is 9.50 Å². The average molecular weight is 305 g/mol. The highest BCUT2D eigenvalue weighted by molar-refractivity contribution is 9.10. The molecule has 17 heavy (non-hydrogen) atoms. The number of hydrogen-bond donors (Lipinski definition) is 1. The van der Waals surface area contributed by atoms with E-state index >= 15 is 0 Å². The third kappa shape index (κ3) is 4.74. The zero-order valence-electron chi connectivity index (χ0n) is 10.1. The molecule has 1 aromatic rings. The van der Waals surface area contributed by atoms with Gasteiger partial charge in [-0.25, -0.2) is 4.39 Å². The topological polar surface area (TPSA) is 29.5 Å². The first kappa shape index (κ1) is 14.6. The number of aliphatic hydroxyl groups excluding tert-OH is 1. The first-order chi connectivity index (χ1) is 8.06. The van der Waals surface area contributed by atoms with Gasteiger partial charge in [-0.15, -0.1) is 0 Å². The molecule has 1 aromatic carbocycles. The van der Waals surface area contributed by atoms with Gasteiger partial charge < -0.3 is 9.84 Å². The second-order valence-electron chi connectivity index (χ2n) is 3.95. The van der Waals surface area contributed by atoms with Crippen molar-refractivity contribution >= 4 is 15.9 Å². The molecule has 0 saturated heterocycles. The summed E-state index contributed by atoms with van der Waals surface area (Å²) < 4.78 is 19.3. The Morgan fingerprint density at radius 1 is 1.35 bits per heavy atom. The van der Waals surface area contributed by atoms with Gasteiger partial charge in [0.15, 0.2) is 0 Å². The average Bonchev–Trinajstić information content (AvgIpc) is 2.24. The molecule has 0 radical (unpaired) electrons. The summed E-state index contributed by atoms with van der Waals surface area (Å²) in [5.41, 5.74) is 0.766. The van der Waals surface area contributed by atoms with Crippen molar-refractivity contribution in [2.45, 2.75) is 38.9 Å². The number of aliphatic hydroxyl groups is 1. The van der Waals surface area contributed by atoms with Gasteiger partial charge in [0.25, 0.3) is 0 Å². The lowest BCUT2D eigenvalue weighted by Crippen LogP contribution is -2.30. The lowest BCUT2D eigenvalue weighted by Gasteiger charge is -2.21. The summed E-state index contributed by atoms with van der Waals surface area (Å²) in [5, 5.41) is 10.0. The maximum atomic E-state index is 13.2. The number of benzene rings is 1. The Morgan fingerprint density at radius 3 is 2.59 bits per heavy atom. The van der Waals surface area contributed by atoms with Crippen molar-refractivity contribution in [3.05, 3.63) is 34.1 Å². The molecule has 0 aliphatic rings. The molecule has 96 valence electrons. The lowest BCUT2D eigenvalue weighted by molar-refractivity contribution is -0.0335. The minimum Gasteiger partial charge on any atom is -0.390 e. The van der Waals surface area contributed by atoms with Gasteiger partial charge in [-0.1, -0.05) is 22.9 Å². The van der Waals surface area contributed by atoms with Crippen molar-refractivity contribution in [1.29, 1.82) is 0 Å². The molecule has 2 atom stereocenters. The molecule has 2 nitrogen and oxygen atoms in total. The Balaban J connectivity index is 2.68. The van der Waals surface area contributed by atoms with Crippen LogP contribution in [0.3, 0.4) is 0 Å². The molecule has 2 unspecified atom stereocenters. The van der Waals surface area contributed by atoms with Gasteiger partial charge in [0.1, 0.15) is 5.82 Å². The van der Waals surface area contributed by atoms with Gasteiger partial charge in [-0.05, 0) is 37.1 Å². The van der Waals surface area contributed by atoms with Gasteiger partial charge in [0, 0.05) is 17.5 Å². The van der Waals surface area contributed by atoms with Gasteiger partial charge in [-0.2, -0.15) is 0 Å². The molecule has 1 rings (SSSR count). The summed E-state index contributed by atoms with van der Waals surface area (Å²) in [6, 6.07) is 4.65. The van der Waals surface area contributed by atoms with E-state index in [0.29, 0.717) is 17.5 Å². The number of ether oxygens (including phenoxy) is 1. The summed E-state index contributed by atoms with van der Waals surface area (Å²) in [6.45, 7) is 4.43. The van der Waals surface area contributed by atoms with Crippen molar-refractivity contribution < 1.29 is 14.2 Å². The Labute approximate surface area is 110 Å². The van der Waals surface area contributed by atoms with Crippen LogP contribution in [0.4, 0.5) is 4.39 Å². The third-order valence-electron chi connectivity index (χ3n) is 2.58. The maximum Gasteiger partial charge on any atom is 0.124 e. The Hall–Kier alpha value is -0.450. The van der Waals surface area contributed by atoms with Crippen molar-refractivity contribution in [3.8, 4) is 0 Å². The SMILES string of the molecule is CCOC(CC)C(O)Cc1cc(F)cc(Br)c1. The van der Waals surface area contributed by atoms with Crippen LogP contribution >= 0.6 is 15.9 Å². The number of hydrogen-bond acceptors (Lipinski definition) is 2. The van der Waals surface area contributed by atoms with Crippen LogP contribution in [0, 0.1) is 5.82 Å². The van der Waals surface area contributed by atoms with Crippen LogP contribution in [0.2, 0.25) is 0 Å². The first-order valence-corrected chi connectivity index (χ1v) is 6.60. The van der Waals surface area contributed by atoms with Crippen LogP contribution in [-0.2, 0) is 11.2 Å². The fraction of sp³-hybridized carbons (Fsp3) is 0.538. The Bertz CT molecular complexity index is 337. The third-order valence-corrected chi connectivity index (χ3v) is 3.04.